The van der Waals surface area contributed by atoms with Crippen LogP contribution in [0.3, 0.4) is 0 Å². The molecule has 2 aliphatic heterocycles. The Hall–Kier alpha value is -2.28. The molecule has 2 aromatic rings. The lowest BCUT2D eigenvalue weighted by molar-refractivity contribution is -0.139. The zero-order chi connectivity index (χ0) is 23.3. The monoisotopic (exact) mass is 472 g/mol. The second-order valence-electron chi connectivity index (χ2n) is 8.96. The topological polar surface area (TPSA) is 71.0 Å². The number of halogens is 1. The van der Waals surface area contributed by atoms with E-state index in [0.717, 1.165) is 55.2 Å². The first-order chi connectivity index (χ1) is 16.0. The zero-order valence-electron chi connectivity index (χ0n) is 19.2. The summed E-state index contributed by atoms with van der Waals surface area (Å²) in [6.07, 6.45) is 3.51. The molecule has 2 aromatic carbocycles. The Kier molecular flexibility index (Phi) is 7.78. The fraction of sp³-hybridized carbons (Fsp3) is 0.500. The summed E-state index contributed by atoms with van der Waals surface area (Å²) in [4.78, 5) is 14.2. The quantitative estimate of drug-likeness (QED) is 0.520. The van der Waals surface area contributed by atoms with Crippen LogP contribution in [0.15, 0.2) is 42.5 Å². The molecule has 2 N–H and O–H groups in total. The lowest BCUT2D eigenvalue weighted by atomic mass is 9.71. The Bertz CT molecular complexity index is 938. The number of anilines is 3. The number of hydrogen-bond donors (Lipinski definition) is 2. The molecule has 7 heteroatoms. The van der Waals surface area contributed by atoms with Gasteiger partial charge in [0.15, 0.2) is 0 Å². The van der Waals surface area contributed by atoms with Gasteiger partial charge in [0, 0.05) is 55.1 Å². The molecule has 2 aliphatic rings. The molecule has 0 aliphatic carbocycles. The van der Waals surface area contributed by atoms with E-state index in [0.29, 0.717) is 37.1 Å². The minimum atomic E-state index is -0.773. The predicted molar refractivity (Wildman–Crippen MR) is 132 cm³/mol. The van der Waals surface area contributed by atoms with E-state index in [1.165, 1.54) is 0 Å². The molecular weight excluding hydrogens is 440 g/mol. The Morgan fingerprint density at radius 1 is 1.09 bits per heavy atom. The highest BCUT2D eigenvalue weighted by Gasteiger charge is 2.37. The van der Waals surface area contributed by atoms with Gasteiger partial charge >= 0.3 is 5.97 Å². The molecule has 0 saturated carbocycles. The molecule has 2 saturated heterocycles. The fourth-order valence-electron chi connectivity index (χ4n) is 5.15. The van der Waals surface area contributed by atoms with Gasteiger partial charge in [0.25, 0.3) is 0 Å². The van der Waals surface area contributed by atoms with Crippen molar-refractivity contribution in [1.82, 2.24) is 0 Å². The summed E-state index contributed by atoms with van der Waals surface area (Å²) >= 11 is 6.10. The first-order valence-electron chi connectivity index (χ1n) is 11.8. The Labute approximate surface area is 200 Å². The van der Waals surface area contributed by atoms with E-state index in [1.807, 2.05) is 24.3 Å². The lowest BCUT2D eigenvalue weighted by Gasteiger charge is -2.39. The number of benzene rings is 2. The molecule has 2 heterocycles. The molecule has 2 fully saturated rings. The van der Waals surface area contributed by atoms with Gasteiger partial charge in [-0.3, -0.25) is 4.79 Å². The molecule has 0 spiro atoms. The van der Waals surface area contributed by atoms with Crippen LogP contribution in [-0.2, 0) is 19.7 Å². The third kappa shape index (κ3) is 5.62. The predicted octanol–water partition coefficient (Wildman–Crippen LogP) is 5.61. The Balaban J connectivity index is 1.75. The van der Waals surface area contributed by atoms with E-state index in [1.54, 1.807) is 0 Å². The molecular formula is C26H33ClN2O4. The van der Waals surface area contributed by atoms with Crippen molar-refractivity contribution in [2.75, 3.05) is 43.2 Å². The van der Waals surface area contributed by atoms with E-state index in [-0.39, 0.29) is 6.42 Å². The van der Waals surface area contributed by atoms with Gasteiger partial charge in [0.2, 0.25) is 0 Å². The second-order valence-corrected chi connectivity index (χ2v) is 9.39. The number of rotatable bonds is 8. The molecule has 0 unspecified atom stereocenters. The minimum Gasteiger partial charge on any atom is -0.481 e. The number of hydrogen-bond acceptors (Lipinski definition) is 5. The normalized spacial score (nSPS) is 18.6. The molecule has 0 aromatic heterocycles. The number of carboxylic acids is 1. The van der Waals surface area contributed by atoms with Crippen molar-refractivity contribution in [3.8, 4) is 0 Å². The van der Waals surface area contributed by atoms with Crippen LogP contribution in [0.5, 0.6) is 0 Å². The van der Waals surface area contributed by atoms with Gasteiger partial charge in [-0.25, -0.2) is 0 Å². The number of carbonyl (C=O) groups is 1. The van der Waals surface area contributed by atoms with Crippen molar-refractivity contribution in [2.24, 2.45) is 0 Å². The van der Waals surface area contributed by atoms with Crippen LogP contribution in [-0.4, -0.2) is 50.1 Å². The van der Waals surface area contributed by atoms with Crippen LogP contribution >= 0.6 is 11.6 Å². The molecule has 0 radical (unpaired) electrons. The van der Waals surface area contributed by atoms with Gasteiger partial charge < -0.3 is 24.8 Å². The van der Waals surface area contributed by atoms with Crippen molar-refractivity contribution in [2.45, 2.75) is 50.5 Å². The smallest absolute Gasteiger partial charge is 0.304 e. The number of nitrogens with zero attached hydrogens (tertiary/aromatic N) is 1. The average molecular weight is 473 g/mol. The largest absolute Gasteiger partial charge is 0.481 e. The Morgan fingerprint density at radius 3 is 2.39 bits per heavy atom. The first kappa shape index (κ1) is 23.9. The minimum absolute atomic E-state index is 0.105. The Morgan fingerprint density at radius 2 is 1.76 bits per heavy atom. The molecule has 6 nitrogen and oxygen atoms in total. The SMILES string of the molecule is CCN(c1ccc(C2(CC(=O)O)CCOCC2)cc1Nc1ccc(Cl)cc1)C1CCOCC1. The summed E-state index contributed by atoms with van der Waals surface area (Å²) in [5, 5.41) is 14.0. The van der Waals surface area contributed by atoms with Crippen LogP contribution in [0, 0.1) is 0 Å². The van der Waals surface area contributed by atoms with Gasteiger partial charge in [-0.05, 0) is 74.6 Å². The van der Waals surface area contributed by atoms with E-state index in [2.05, 4.69) is 35.3 Å². The summed E-state index contributed by atoms with van der Waals surface area (Å²) < 4.78 is 11.2. The third-order valence-electron chi connectivity index (χ3n) is 6.95. The van der Waals surface area contributed by atoms with Crippen molar-refractivity contribution in [3.05, 3.63) is 53.1 Å². The van der Waals surface area contributed by atoms with E-state index in [9.17, 15) is 9.90 Å². The molecule has 4 rings (SSSR count). The summed E-state index contributed by atoms with van der Waals surface area (Å²) in [5.41, 5.74) is 3.69. The first-order valence-corrected chi connectivity index (χ1v) is 12.2. The van der Waals surface area contributed by atoms with Gasteiger partial charge in [-0.15, -0.1) is 0 Å². The zero-order valence-corrected chi connectivity index (χ0v) is 19.9. The van der Waals surface area contributed by atoms with E-state index >= 15 is 0 Å². The van der Waals surface area contributed by atoms with Crippen molar-refractivity contribution in [3.63, 3.8) is 0 Å². The van der Waals surface area contributed by atoms with Crippen molar-refractivity contribution in [1.29, 1.82) is 0 Å². The number of aliphatic carboxylic acids is 1. The van der Waals surface area contributed by atoms with Gasteiger partial charge in [-0.1, -0.05) is 17.7 Å². The molecule has 0 atom stereocenters. The van der Waals surface area contributed by atoms with Crippen LogP contribution in [0.4, 0.5) is 17.1 Å². The number of ether oxygens (including phenoxy) is 2. The van der Waals surface area contributed by atoms with Crippen molar-refractivity contribution >= 4 is 34.6 Å². The molecule has 0 amide bonds. The van der Waals surface area contributed by atoms with Crippen LogP contribution in [0.1, 0.15) is 44.6 Å². The van der Waals surface area contributed by atoms with E-state index in [4.69, 9.17) is 21.1 Å². The fourth-order valence-corrected chi connectivity index (χ4v) is 5.27. The highest BCUT2D eigenvalue weighted by molar-refractivity contribution is 6.30. The maximum Gasteiger partial charge on any atom is 0.304 e. The van der Waals surface area contributed by atoms with Crippen molar-refractivity contribution < 1.29 is 19.4 Å². The van der Waals surface area contributed by atoms with Gasteiger partial charge in [0.05, 0.1) is 17.8 Å². The number of carboxylic acid groups (broad SMARTS) is 1. The highest BCUT2D eigenvalue weighted by atomic mass is 35.5. The summed E-state index contributed by atoms with van der Waals surface area (Å²) in [7, 11) is 0. The summed E-state index contributed by atoms with van der Waals surface area (Å²) in [5.74, 6) is -0.773. The maximum atomic E-state index is 11.8. The second kappa shape index (κ2) is 10.8. The molecule has 33 heavy (non-hydrogen) atoms. The van der Waals surface area contributed by atoms with Gasteiger partial charge in [-0.2, -0.15) is 0 Å². The average Bonchev–Trinajstić information content (AvgIpc) is 2.83. The maximum absolute atomic E-state index is 11.8. The lowest BCUT2D eigenvalue weighted by Crippen LogP contribution is -2.40. The van der Waals surface area contributed by atoms with E-state index < -0.39 is 11.4 Å². The molecule has 178 valence electrons. The van der Waals surface area contributed by atoms with Gasteiger partial charge in [0.1, 0.15) is 0 Å². The third-order valence-corrected chi connectivity index (χ3v) is 7.21. The summed E-state index contributed by atoms with van der Waals surface area (Å²) in [6, 6.07) is 14.5. The summed E-state index contributed by atoms with van der Waals surface area (Å²) in [6.45, 7) is 5.78. The van der Waals surface area contributed by atoms with Crippen LogP contribution in [0.2, 0.25) is 5.02 Å². The standard InChI is InChI=1S/C26H33ClN2O4/c1-2-29(22-9-13-32-14-10-22)24-8-3-19(26(18-25(30)31)11-15-33-16-12-26)17-23(24)28-21-6-4-20(27)5-7-21/h3-8,17,22,28H,2,9-16,18H2,1H3,(H,30,31). The van der Waals surface area contributed by atoms with Crippen LogP contribution in [0.25, 0.3) is 0 Å². The number of nitrogens with one attached hydrogen (secondary N) is 1. The highest BCUT2D eigenvalue weighted by Crippen LogP contribution is 2.42. The molecule has 0 bridgehead atoms. The van der Waals surface area contributed by atoms with Crippen LogP contribution < -0.4 is 10.2 Å².